The Bertz CT molecular complexity index is 1210. The van der Waals surface area contributed by atoms with Gasteiger partial charge in [-0.25, -0.2) is 4.39 Å². The highest BCUT2D eigenvalue weighted by Gasteiger charge is 2.20. The van der Waals surface area contributed by atoms with Gasteiger partial charge in [-0.2, -0.15) is 5.10 Å². The predicted molar refractivity (Wildman–Crippen MR) is 143 cm³/mol. The molecule has 0 unspecified atom stereocenters. The molecule has 1 aliphatic heterocycles. The van der Waals surface area contributed by atoms with Crippen molar-refractivity contribution in [3.63, 3.8) is 0 Å². The number of morpholine rings is 1. The van der Waals surface area contributed by atoms with E-state index in [4.69, 9.17) is 4.74 Å². The minimum Gasteiger partial charge on any atom is -0.378 e. The van der Waals surface area contributed by atoms with Crippen molar-refractivity contribution in [2.75, 3.05) is 43.1 Å². The molecule has 0 radical (unpaired) electrons. The van der Waals surface area contributed by atoms with Crippen molar-refractivity contribution in [3.8, 4) is 11.3 Å². The normalized spacial score (nSPS) is 14.2. The van der Waals surface area contributed by atoms with Crippen LogP contribution in [0.25, 0.3) is 11.3 Å². The molecular weight excluding hydrogens is 457 g/mol. The molecule has 1 fully saturated rings. The van der Waals surface area contributed by atoms with Gasteiger partial charge in [0.15, 0.2) is 5.69 Å². The number of carbonyl (C=O) groups is 1. The van der Waals surface area contributed by atoms with Crippen LogP contribution in [0.5, 0.6) is 0 Å². The first kappa shape index (κ1) is 25.7. The van der Waals surface area contributed by atoms with Crippen LogP contribution in [0.15, 0.2) is 48.5 Å². The number of carbonyl (C=O) groups excluding carboxylic acids is 1. The predicted octanol–water partition coefficient (Wildman–Crippen LogP) is 5.63. The summed E-state index contributed by atoms with van der Waals surface area (Å²) in [6, 6.07) is 14.8. The first-order chi connectivity index (χ1) is 17.1. The third-order valence-corrected chi connectivity index (χ3v) is 5.94. The van der Waals surface area contributed by atoms with Crippen molar-refractivity contribution in [2.45, 2.75) is 40.7 Å². The van der Waals surface area contributed by atoms with Crippen molar-refractivity contribution in [1.82, 2.24) is 15.1 Å². The van der Waals surface area contributed by atoms with E-state index >= 15 is 0 Å². The van der Waals surface area contributed by atoms with E-state index in [1.165, 1.54) is 6.07 Å². The Morgan fingerprint density at radius 1 is 1.08 bits per heavy atom. The van der Waals surface area contributed by atoms with Gasteiger partial charge >= 0.3 is 0 Å². The fraction of sp³-hybridized carbons (Fsp3) is 0.429. The Labute approximate surface area is 212 Å². The van der Waals surface area contributed by atoms with Crippen LogP contribution >= 0.6 is 0 Å². The Morgan fingerprint density at radius 3 is 2.53 bits per heavy atom. The topological polar surface area (TPSA) is 71.4 Å². The molecule has 192 valence electrons. The molecule has 1 saturated heterocycles. The van der Waals surface area contributed by atoms with E-state index in [9.17, 15) is 9.18 Å². The van der Waals surface area contributed by atoms with Gasteiger partial charge in [-0.15, -0.1) is 0 Å². The van der Waals surface area contributed by atoms with Gasteiger partial charge in [0.1, 0.15) is 5.82 Å². The van der Waals surface area contributed by atoms with E-state index in [0.717, 1.165) is 35.7 Å². The Kier molecular flexibility index (Phi) is 7.64. The molecule has 2 N–H and O–H groups in total. The minimum absolute atomic E-state index is 0.0162. The van der Waals surface area contributed by atoms with Gasteiger partial charge in [-0.05, 0) is 55.7 Å². The van der Waals surface area contributed by atoms with Crippen molar-refractivity contribution in [1.29, 1.82) is 0 Å². The molecule has 0 saturated carbocycles. The van der Waals surface area contributed by atoms with Crippen molar-refractivity contribution >= 4 is 23.0 Å². The highest BCUT2D eigenvalue weighted by Crippen LogP contribution is 2.29. The monoisotopic (exact) mass is 493 g/mol. The Balaban J connectivity index is 1.58. The molecule has 0 bridgehead atoms. The number of amides is 1. The van der Waals surface area contributed by atoms with Crippen molar-refractivity contribution in [2.24, 2.45) is 5.41 Å². The summed E-state index contributed by atoms with van der Waals surface area (Å²) in [5, 5.41) is 10.9. The molecule has 1 aromatic heterocycles. The maximum absolute atomic E-state index is 14.4. The van der Waals surface area contributed by atoms with E-state index in [2.05, 4.69) is 41.4 Å². The number of aromatic nitrogens is 2. The van der Waals surface area contributed by atoms with Gasteiger partial charge in [0.25, 0.3) is 5.91 Å². The molecule has 4 rings (SSSR count). The zero-order chi connectivity index (χ0) is 25.9. The van der Waals surface area contributed by atoms with E-state index < -0.39 is 0 Å². The molecule has 2 heterocycles. The van der Waals surface area contributed by atoms with Crippen LogP contribution in [-0.4, -0.2) is 48.5 Å². The second-order valence-electron chi connectivity index (χ2n) is 10.7. The van der Waals surface area contributed by atoms with Gasteiger partial charge < -0.3 is 20.3 Å². The van der Waals surface area contributed by atoms with E-state index in [-0.39, 0.29) is 23.2 Å². The van der Waals surface area contributed by atoms with Crippen LogP contribution in [0.1, 0.15) is 51.1 Å². The van der Waals surface area contributed by atoms with E-state index in [0.29, 0.717) is 31.1 Å². The number of anilines is 3. The largest absolute Gasteiger partial charge is 0.378 e. The summed E-state index contributed by atoms with van der Waals surface area (Å²) in [6.45, 7) is 13.6. The lowest BCUT2D eigenvalue weighted by Crippen LogP contribution is -2.36. The lowest BCUT2D eigenvalue weighted by atomic mass is 9.97. The molecule has 7 nitrogen and oxygen atoms in total. The third kappa shape index (κ3) is 6.43. The highest BCUT2D eigenvalue weighted by molar-refractivity contribution is 5.93. The van der Waals surface area contributed by atoms with Gasteiger partial charge in [0.2, 0.25) is 0 Å². The van der Waals surface area contributed by atoms with Gasteiger partial charge in [0.05, 0.1) is 18.9 Å². The number of hydrogen-bond donors (Lipinski definition) is 2. The summed E-state index contributed by atoms with van der Waals surface area (Å²) in [7, 11) is 0. The summed E-state index contributed by atoms with van der Waals surface area (Å²) in [5.74, 6) is -0.475. The first-order valence-corrected chi connectivity index (χ1v) is 12.5. The first-order valence-electron chi connectivity index (χ1n) is 12.5. The maximum Gasteiger partial charge on any atom is 0.271 e. The smallest absolute Gasteiger partial charge is 0.271 e. The standard InChI is InChI=1S/C28H36FN5O2/c1-19(2)34-26(17-25(32-34)27(35)30-18-28(3,4)5)20-7-6-8-22(13-20)31-23-14-21(29)15-24(16-23)33-9-11-36-12-10-33/h6-8,13-17,19,31H,9-12,18H2,1-5H3,(H,30,35). The molecule has 3 aromatic rings. The zero-order valence-corrected chi connectivity index (χ0v) is 21.8. The Hall–Kier alpha value is -3.39. The molecular formula is C28H36FN5O2. The van der Waals surface area contributed by atoms with Crippen LogP contribution in [0, 0.1) is 11.2 Å². The second-order valence-corrected chi connectivity index (χ2v) is 10.7. The lowest BCUT2D eigenvalue weighted by molar-refractivity contribution is 0.0933. The van der Waals surface area contributed by atoms with Crippen molar-refractivity contribution in [3.05, 3.63) is 60.0 Å². The van der Waals surface area contributed by atoms with Crippen LogP contribution in [0.2, 0.25) is 0 Å². The molecule has 0 aliphatic carbocycles. The quantitative estimate of drug-likeness (QED) is 0.447. The molecule has 0 atom stereocenters. The zero-order valence-electron chi connectivity index (χ0n) is 21.8. The molecule has 36 heavy (non-hydrogen) atoms. The molecule has 1 amide bonds. The summed E-state index contributed by atoms with van der Waals surface area (Å²) in [4.78, 5) is 14.9. The van der Waals surface area contributed by atoms with Crippen LogP contribution < -0.4 is 15.5 Å². The second kappa shape index (κ2) is 10.7. The number of rotatable bonds is 7. The van der Waals surface area contributed by atoms with E-state index in [1.807, 2.05) is 54.9 Å². The number of nitrogens with one attached hydrogen (secondary N) is 2. The molecule has 2 aromatic carbocycles. The summed E-state index contributed by atoms with van der Waals surface area (Å²) in [5.41, 5.74) is 4.47. The van der Waals surface area contributed by atoms with Gasteiger partial charge in [0, 0.05) is 48.3 Å². The van der Waals surface area contributed by atoms with Crippen LogP contribution in [0.3, 0.4) is 0 Å². The number of halogens is 1. The number of ether oxygens (including phenoxy) is 1. The molecule has 8 heteroatoms. The van der Waals surface area contributed by atoms with Gasteiger partial charge in [-0.1, -0.05) is 32.9 Å². The minimum atomic E-state index is -0.290. The SMILES string of the molecule is CC(C)n1nc(C(=O)NCC(C)(C)C)cc1-c1cccc(Nc2cc(F)cc(N3CCOCC3)c2)c1. The van der Waals surface area contributed by atoms with E-state index in [1.54, 1.807) is 6.07 Å². The van der Waals surface area contributed by atoms with Gasteiger partial charge in [-0.3, -0.25) is 9.48 Å². The summed E-state index contributed by atoms with van der Waals surface area (Å²) in [6.07, 6.45) is 0. The molecule has 0 spiro atoms. The summed E-state index contributed by atoms with van der Waals surface area (Å²) >= 11 is 0. The number of benzene rings is 2. The summed E-state index contributed by atoms with van der Waals surface area (Å²) < 4.78 is 21.7. The lowest BCUT2D eigenvalue weighted by Gasteiger charge is -2.29. The van der Waals surface area contributed by atoms with Crippen molar-refractivity contribution < 1.29 is 13.9 Å². The fourth-order valence-electron chi connectivity index (χ4n) is 4.12. The molecule has 1 aliphatic rings. The van der Waals surface area contributed by atoms with Crippen LogP contribution in [-0.2, 0) is 4.74 Å². The highest BCUT2D eigenvalue weighted by atomic mass is 19.1. The Morgan fingerprint density at radius 2 is 1.83 bits per heavy atom. The fourth-order valence-corrected chi connectivity index (χ4v) is 4.12. The van der Waals surface area contributed by atoms with Crippen LogP contribution in [0.4, 0.5) is 21.5 Å². The number of hydrogen-bond acceptors (Lipinski definition) is 5. The third-order valence-electron chi connectivity index (χ3n) is 5.94. The maximum atomic E-state index is 14.4. The number of nitrogens with zero attached hydrogens (tertiary/aromatic N) is 3. The average Bonchev–Trinajstić information content (AvgIpc) is 3.29. The average molecular weight is 494 g/mol.